The highest BCUT2D eigenvalue weighted by atomic mass is 16.5. The molecule has 7 rings (SSSR count). The number of fused-ring (bicyclic) bond motifs is 5. The van der Waals surface area contributed by atoms with Gasteiger partial charge < -0.3 is 9.47 Å². The van der Waals surface area contributed by atoms with Crippen molar-refractivity contribution in [2.24, 2.45) is 17.9 Å². The number of hydrogen-bond acceptors (Lipinski definition) is 2. The fraction of sp³-hybridized carbons (Fsp3) is 0.425. The molecule has 2 aliphatic heterocycles. The van der Waals surface area contributed by atoms with Gasteiger partial charge in [-0.25, -0.2) is 4.57 Å². The molecule has 0 atom stereocenters. The van der Waals surface area contributed by atoms with Crippen LogP contribution in [0.5, 0.6) is 11.5 Å². The summed E-state index contributed by atoms with van der Waals surface area (Å²) >= 11 is 0. The highest BCUT2D eigenvalue weighted by molar-refractivity contribution is 6.16. The van der Waals surface area contributed by atoms with Gasteiger partial charge in [0.15, 0.2) is 6.20 Å². The van der Waals surface area contributed by atoms with E-state index in [-0.39, 0.29) is 10.8 Å². The van der Waals surface area contributed by atoms with Gasteiger partial charge in [-0.1, -0.05) is 77.9 Å². The van der Waals surface area contributed by atoms with E-state index in [9.17, 15) is 0 Å². The summed E-state index contributed by atoms with van der Waals surface area (Å²) in [5.74, 6) is 2.58. The van der Waals surface area contributed by atoms with Crippen LogP contribution in [0.25, 0.3) is 43.6 Å². The molecule has 1 aromatic heterocycles. The van der Waals surface area contributed by atoms with Gasteiger partial charge >= 0.3 is 0 Å². The lowest BCUT2D eigenvalue weighted by Gasteiger charge is -2.29. The summed E-state index contributed by atoms with van der Waals surface area (Å²) in [5, 5.41) is 7.72. The smallest absolute Gasteiger partial charge is 0.228 e. The second-order valence-electron chi connectivity index (χ2n) is 15.6. The van der Waals surface area contributed by atoms with Crippen molar-refractivity contribution in [1.29, 1.82) is 0 Å². The molecule has 0 unspecified atom stereocenters. The lowest BCUT2D eigenvalue weighted by atomic mass is 9.80. The van der Waals surface area contributed by atoms with Gasteiger partial charge in [0.2, 0.25) is 5.69 Å². The third kappa shape index (κ3) is 5.00. The van der Waals surface area contributed by atoms with E-state index >= 15 is 0 Å². The van der Waals surface area contributed by atoms with Crippen molar-refractivity contribution < 1.29 is 14.0 Å². The molecule has 222 valence electrons. The standard InChI is InChI=1S/C40H46NO2/c1-24-32-19-25(22-39(2,3)4)9-11-30(32)33(23-40(5,6)7)38-35(24)37-36-31(13-16-41(37)8)29-12-10-27(26-14-17-42-18-15-26)20-28(29)21-34(36)43-38/h9-13,16,19-21,26H,14-15,17-18,22-23H2,1-8H3/q+1. The zero-order valence-electron chi connectivity index (χ0n) is 27.3. The number of pyridine rings is 1. The first-order valence-corrected chi connectivity index (χ1v) is 16.1. The van der Waals surface area contributed by atoms with Crippen LogP contribution >= 0.6 is 0 Å². The SMILES string of the molecule is Cc1c2c(c(CC(C)(C)C)c3ccc(CC(C)(C)C)cc13)Oc1cc3cc(C4CCOCC4)ccc3c3cc[n+](C)c-2c13. The normalized spacial score (nSPS) is 15.7. The van der Waals surface area contributed by atoms with Crippen LogP contribution < -0.4 is 9.30 Å². The molecule has 0 saturated carbocycles. The second kappa shape index (κ2) is 10.1. The molecule has 0 spiro atoms. The van der Waals surface area contributed by atoms with E-state index < -0.39 is 0 Å². The van der Waals surface area contributed by atoms with Crippen LogP contribution in [0, 0.1) is 17.8 Å². The number of benzene rings is 4. The molecule has 0 N–H and O–H groups in total. The average molecular weight is 573 g/mol. The van der Waals surface area contributed by atoms with Crippen molar-refractivity contribution >= 4 is 32.3 Å². The number of ether oxygens (including phenoxy) is 2. The fourth-order valence-electron chi connectivity index (χ4n) is 7.63. The first-order valence-electron chi connectivity index (χ1n) is 16.1. The molecular formula is C40H46NO2+. The lowest BCUT2D eigenvalue weighted by Crippen LogP contribution is -2.32. The molecule has 0 bridgehead atoms. The zero-order chi connectivity index (χ0) is 30.3. The summed E-state index contributed by atoms with van der Waals surface area (Å²) < 4.78 is 15.1. The molecule has 43 heavy (non-hydrogen) atoms. The number of aromatic nitrogens is 1. The van der Waals surface area contributed by atoms with Gasteiger partial charge in [0.05, 0.1) is 10.9 Å². The van der Waals surface area contributed by atoms with E-state index in [1.54, 1.807) is 0 Å². The zero-order valence-corrected chi connectivity index (χ0v) is 27.3. The van der Waals surface area contributed by atoms with Gasteiger partial charge in [0.1, 0.15) is 18.5 Å². The van der Waals surface area contributed by atoms with Crippen LogP contribution in [0.4, 0.5) is 0 Å². The average Bonchev–Trinajstić information content (AvgIpc) is 2.95. The molecule has 3 heterocycles. The van der Waals surface area contributed by atoms with Crippen molar-refractivity contribution in [2.45, 2.75) is 80.1 Å². The highest BCUT2D eigenvalue weighted by Gasteiger charge is 2.34. The van der Waals surface area contributed by atoms with Crippen molar-refractivity contribution in [3.05, 3.63) is 77.0 Å². The van der Waals surface area contributed by atoms with Crippen LogP contribution in [0.2, 0.25) is 0 Å². The Hall–Kier alpha value is -3.43. The van der Waals surface area contributed by atoms with Gasteiger partial charge in [0.25, 0.3) is 0 Å². The maximum atomic E-state index is 7.14. The Morgan fingerprint density at radius 3 is 2.23 bits per heavy atom. The van der Waals surface area contributed by atoms with Gasteiger partial charge in [-0.05, 0) is 93.7 Å². The Morgan fingerprint density at radius 1 is 0.791 bits per heavy atom. The minimum Gasteiger partial charge on any atom is -0.455 e. The maximum absolute atomic E-state index is 7.14. The summed E-state index contributed by atoms with van der Waals surface area (Å²) in [6.45, 7) is 18.0. The Balaban J connectivity index is 1.51. The van der Waals surface area contributed by atoms with Crippen LogP contribution in [0.1, 0.15) is 82.6 Å². The summed E-state index contributed by atoms with van der Waals surface area (Å²) in [6.07, 6.45) is 6.43. The van der Waals surface area contributed by atoms with Crippen LogP contribution in [-0.4, -0.2) is 13.2 Å². The number of aryl methyl sites for hydroxylation is 2. The van der Waals surface area contributed by atoms with Gasteiger partial charge in [-0.3, -0.25) is 0 Å². The highest BCUT2D eigenvalue weighted by Crippen LogP contribution is 2.53. The largest absolute Gasteiger partial charge is 0.455 e. The summed E-state index contributed by atoms with van der Waals surface area (Å²) in [4.78, 5) is 0. The number of hydrogen-bond donors (Lipinski definition) is 0. The van der Waals surface area contributed by atoms with E-state index in [0.29, 0.717) is 5.92 Å². The Bertz CT molecular complexity index is 1910. The van der Waals surface area contributed by atoms with Gasteiger partial charge in [0, 0.05) is 30.2 Å². The second-order valence-corrected chi connectivity index (χ2v) is 15.6. The molecule has 0 amide bonds. The van der Waals surface area contributed by atoms with E-state index in [4.69, 9.17) is 9.47 Å². The van der Waals surface area contributed by atoms with Crippen molar-refractivity contribution in [3.63, 3.8) is 0 Å². The maximum Gasteiger partial charge on any atom is 0.228 e. The monoisotopic (exact) mass is 572 g/mol. The van der Waals surface area contributed by atoms with Crippen molar-refractivity contribution in [3.8, 4) is 22.8 Å². The first-order chi connectivity index (χ1) is 20.4. The molecule has 0 radical (unpaired) electrons. The Morgan fingerprint density at radius 2 is 1.51 bits per heavy atom. The molecule has 3 heteroatoms. The minimum absolute atomic E-state index is 0.111. The summed E-state index contributed by atoms with van der Waals surface area (Å²) in [7, 11) is 2.19. The van der Waals surface area contributed by atoms with Crippen LogP contribution in [-0.2, 0) is 24.6 Å². The van der Waals surface area contributed by atoms with Crippen LogP contribution in [0.3, 0.4) is 0 Å². The summed E-state index contributed by atoms with van der Waals surface area (Å²) in [5.41, 5.74) is 8.30. The minimum atomic E-state index is 0.111. The fourth-order valence-corrected chi connectivity index (χ4v) is 7.63. The molecule has 3 nitrogen and oxygen atoms in total. The van der Waals surface area contributed by atoms with Crippen molar-refractivity contribution in [2.75, 3.05) is 13.2 Å². The predicted molar refractivity (Wildman–Crippen MR) is 179 cm³/mol. The van der Waals surface area contributed by atoms with Crippen LogP contribution in [0.15, 0.2) is 54.7 Å². The summed E-state index contributed by atoms with van der Waals surface area (Å²) in [6, 6.07) is 18.8. The molecule has 2 aliphatic rings. The number of nitrogens with zero attached hydrogens (tertiary/aromatic N) is 1. The predicted octanol–water partition coefficient (Wildman–Crippen LogP) is 10.1. The van der Waals surface area contributed by atoms with Gasteiger partial charge in [-0.15, -0.1) is 0 Å². The number of rotatable bonds is 3. The molecule has 4 aromatic carbocycles. The molecule has 0 aliphatic carbocycles. The van der Waals surface area contributed by atoms with E-state index in [2.05, 4.69) is 115 Å². The quantitative estimate of drug-likeness (QED) is 0.155. The topological polar surface area (TPSA) is 22.3 Å². The third-order valence-corrected chi connectivity index (χ3v) is 9.49. The Labute approximate surface area is 256 Å². The first kappa shape index (κ1) is 28.3. The van der Waals surface area contributed by atoms with E-state index in [1.165, 1.54) is 65.8 Å². The third-order valence-electron chi connectivity index (χ3n) is 9.49. The lowest BCUT2D eigenvalue weighted by molar-refractivity contribution is -0.659. The molecular weight excluding hydrogens is 526 g/mol. The molecule has 1 saturated heterocycles. The van der Waals surface area contributed by atoms with Gasteiger partial charge in [-0.2, -0.15) is 0 Å². The molecule has 5 aromatic rings. The van der Waals surface area contributed by atoms with Crippen molar-refractivity contribution in [1.82, 2.24) is 0 Å². The van der Waals surface area contributed by atoms with E-state index in [0.717, 1.165) is 50.4 Å². The van der Waals surface area contributed by atoms with E-state index in [1.807, 2.05) is 0 Å². The molecule has 1 fully saturated rings. The Kier molecular flexibility index (Phi) is 6.63.